The average Bonchev–Trinajstić information content (AvgIpc) is 2.88. The summed E-state index contributed by atoms with van der Waals surface area (Å²) >= 11 is 0. The summed E-state index contributed by atoms with van der Waals surface area (Å²) in [4.78, 5) is 0. The molecule has 0 spiro atoms. The minimum Gasteiger partial charge on any atom is -0.493 e. The number of benzene rings is 1. The quantitative estimate of drug-likeness (QED) is 0.868. The molecule has 2 aliphatic rings. The third-order valence-corrected chi connectivity index (χ3v) is 4.83. The number of ether oxygens (including phenoxy) is 2. The van der Waals surface area contributed by atoms with Crippen LogP contribution in [-0.4, -0.2) is 30.5 Å². The molecule has 0 aromatic heterocycles. The lowest BCUT2D eigenvalue weighted by Crippen LogP contribution is -2.42. The summed E-state index contributed by atoms with van der Waals surface area (Å²) < 4.78 is 11.1. The fraction of sp³-hybridized carbons (Fsp3) is 0.647. The lowest BCUT2D eigenvalue weighted by molar-refractivity contribution is -0.0998. The first kappa shape index (κ1) is 13.9. The second-order valence-electron chi connectivity index (χ2n) is 6.18. The van der Waals surface area contributed by atoms with Gasteiger partial charge in [-0.15, -0.1) is 0 Å². The number of aliphatic hydroxyl groups is 1. The molecule has 1 N–H and O–H groups in total. The zero-order valence-electron chi connectivity index (χ0n) is 12.2. The maximum atomic E-state index is 10.2. The molecule has 0 bridgehead atoms. The smallest absolute Gasteiger partial charge is 0.122 e. The van der Waals surface area contributed by atoms with Crippen molar-refractivity contribution in [2.45, 2.75) is 56.7 Å². The van der Waals surface area contributed by atoms with Gasteiger partial charge in [-0.25, -0.2) is 0 Å². The molecule has 110 valence electrons. The van der Waals surface area contributed by atoms with Crippen LogP contribution in [0.4, 0.5) is 0 Å². The maximum Gasteiger partial charge on any atom is 0.122 e. The van der Waals surface area contributed by atoms with Crippen molar-refractivity contribution in [3.63, 3.8) is 0 Å². The fourth-order valence-electron chi connectivity index (χ4n) is 3.32. The van der Waals surface area contributed by atoms with E-state index in [0.29, 0.717) is 0 Å². The Bertz CT molecular complexity index is 460. The molecule has 1 aliphatic carbocycles. The molecule has 1 fully saturated rings. The van der Waals surface area contributed by atoms with Crippen LogP contribution in [0, 0.1) is 0 Å². The SMILES string of the molecule is COC1(CC(O)CCc2ccc3c(c2)CCO3)CCC1. The Balaban J connectivity index is 1.51. The highest BCUT2D eigenvalue weighted by Gasteiger charge is 2.38. The van der Waals surface area contributed by atoms with Crippen LogP contribution in [0.3, 0.4) is 0 Å². The monoisotopic (exact) mass is 276 g/mol. The van der Waals surface area contributed by atoms with E-state index in [4.69, 9.17) is 9.47 Å². The van der Waals surface area contributed by atoms with Gasteiger partial charge in [0.25, 0.3) is 0 Å². The second kappa shape index (κ2) is 5.74. The fourth-order valence-corrected chi connectivity index (χ4v) is 3.32. The first-order chi connectivity index (χ1) is 9.71. The van der Waals surface area contributed by atoms with Gasteiger partial charge in [0, 0.05) is 20.0 Å². The lowest BCUT2D eigenvalue weighted by Gasteiger charge is -2.41. The van der Waals surface area contributed by atoms with Gasteiger partial charge < -0.3 is 14.6 Å². The van der Waals surface area contributed by atoms with Gasteiger partial charge in [-0.3, -0.25) is 0 Å². The van der Waals surface area contributed by atoms with Crippen LogP contribution in [0.25, 0.3) is 0 Å². The molecule has 1 saturated carbocycles. The topological polar surface area (TPSA) is 38.7 Å². The predicted molar refractivity (Wildman–Crippen MR) is 78.2 cm³/mol. The van der Waals surface area contributed by atoms with Crippen molar-refractivity contribution in [1.82, 2.24) is 0 Å². The molecule has 1 atom stereocenters. The summed E-state index contributed by atoms with van der Waals surface area (Å²) in [5.74, 6) is 1.03. The molecular formula is C17H24O3. The summed E-state index contributed by atoms with van der Waals surface area (Å²) in [6, 6.07) is 6.41. The summed E-state index contributed by atoms with van der Waals surface area (Å²) in [6.07, 6.45) is 6.67. The van der Waals surface area contributed by atoms with Gasteiger partial charge in [0.2, 0.25) is 0 Å². The Morgan fingerprint density at radius 1 is 1.40 bits per heavy atom. The first-order valence-electron chi connectivity index (χ1n) is 7.69. The number of hydrogen-bond donors (Lipinski definition) is 1. The molecule has 1 aromatic rings. The normalized spacial score (nSPS) is 20.9. The highest BCUT2D eigenvalue weighted by molar-refractivity contribution is 5.39. The van der Waals surface area contributed by atoms with E-state index in [0.717, 1.165) is 50.9 Å². The maximum absolute atomic E-state index is 10.2. The van der Waals surface area contributed by atoms with Crippen molar-refractivity contribution >= 4 is 0 Å². The molecule has 0 saturated heterocycles. The number of aliphatic hydroxyl groups excluding tert-OH is 1. The number of aryl methyl sites for hydroxylation is 1. The molecular weight excluding hydrogens is 252 g/mol. The van der Waals surface area contributed by atoms with Crippen molar-refractivity contribution in [3.8, 4) is 5.75 Å². The Hall–Kier alpha value is -1.06. The number of hydrogen-bond acceptors (Lipinski definition) is 3. The Kier molecular flexibility index (Phi) is 3.99. The molecule has 1 heterocycles. The number of methoxy groups -OCH3 is 1. The minimum absolute atomic E-state index is 0.0365. The zero-order valence-corrected chi connectivity index (χ0v) is 12.2. The summed E-state index contributed by atoms with van der Waals surface area (Å²) in [6.45, 7) is 0.803. The summed E-state index contributed by atoms with van der Waals surface area (Å²) in [5, 5.41) is 10.2. The van der Waals surface area contributed by atoms with E-state index >= 15 is 0 Å². The highest BCUT2D eigenvalue weighted by Crippen LogP contribution is 2.39. The molecule has 1 aliphatic heterocycles. The summed E-state index contributed by atoms with van der Waals surface area (Å²) in [5.41, 5.74) is 2.57. The van der Waals surface area contributed by atoms with Crippen LogP contribution < -0.4 is 4.74 Å². The van der Waals surface area contributed by atoms with Crippen LogP contribution >= 0.6 is 0 Å². The van der Waals surface area contributed by atoms with Gasteiger partial charge in [0.15, 0.2) is 0 Å². The molecule has 3 rings (SSSR count). The highest BCUT2D eigenvalue weighted by atomic mass is 16.5. The van der Waals surface area contributed by atoms with Gasteiger partial charge in [0.1, 0.15) is 5.75 Å². The van der Waals surface area contributed by atoms with Gasteiger partial charge in [0.05, 0.1) is 18.3 Å². The molecule has 0 amide bonds. The average molecular weight is 276 g/mol. The third-order valence-electron chi connectivity index (χ3n) is 4.83. The molecule has 20 heavy (non-hydrogen) atoms. The lowest BCUT2D eigenvalue weighted by atomic mass is 9.75. The van der Waals surface area contributed by atoms with Crippen LogP contribution in [-0.2, 0) is 17.6 Å². The molecule has 0 radical (unpaired) electrons. The van der Waals surface area contributed by atoms with Crippen molar-refractivity contribution in [3.05, 3.63) is 29.3 Å². The molecule has 1 aromatic carbocycles. The molecule has 3 nitrogen and oxygen atoms in total. The van der Waals surface area contributed by atoms with E-state index < -0.39 is 0 Å². The van der Waals surface area contributed by atoms with Gasteiger partial charge in [-0.1, -0.05) is 12.1 Å². The van der Waals surface area contributed by atoms with E-state index in [2.05, 4.69) is 18.2 Å². The predicted octanol–water partition coefficient (Wildman–Crippen LogP) is 2.87. The minimum atomic E-state index is -0.264. The molecule has 3 heteroatoms. The van der Waals surface area contributed by atoms with E-state index in [-0.39, 0.29) is 11.7 Å². The van der Waals surface area contributed by atoms with Gasteiger partial charge in [-0.2, -0.15) is 0 Å². The third kappa shape index (κ3) is 2.84. The number of fused-ring (bicyclic) bond motifs is 1. The Labute approximate surface area is 120 Å². The van der Waals surface area contributed by atoms with Crippen LogP contribution in [0.1, 0.15) is 43.2 Å². The van der Waals surface area contributed by atoms with Crippen molar-refractivity contribution in [1.29, 1.82) is 0 Å². The van der Waals surface area contributed by atoms with Crippen LogP contribution in [0.2, 0.25) is 0 Å². The number of rotatable bonds is 6. The van der Waals surface area contributed by atoms with Crippen molar-refractivity contribution in [2.75, 3.05) is 13.7 Å². The Morgan fingerprint density at radius 2 is 2.25 bits per heavy atom. The van der Waals surface area contributed by atoms with E-state index in [1.807, 2.05) is 0 Å². The zero-order chi connectivity index (χ0) is 14.0. The Morgan fingerprint density at radius 3 is 2.95 bits per heavy atom. The van der Waals surface area contributed by atoms with Crippen LogP contribution in [0.15, 0.2) is 18.2 Å². The largest absolute Gasteiger partial charge is 0.493 e. The van der Waals surface area contributed by atoms with Crippen LogP contribution in [0.5, 0.6) is 5.75 Å². The molecule has 1 unspecified atom stereocenters. The first-order valence-corrected chi connectivity index (χ1v) is 7.69. The summed E-state index contributed by atoms with van der Waals surface area (Å²) in [7, 11) is 1.77. The van der Waals surface area contributed by atoms with E-state index in [9.17, 15) is 5.11 Å². The second-order valence-corrected chi connectivity index (χ2v) is 6.18. The van der Waals surface area contributed by atoms with Crippen molar-refractivity contribution in [2.24, 2.45) is 0 Å². The van der Waals surface area contributed by atoms with E-state index in [1.165, 1.54) is 17.5 Å². The van der Waals surface area contributed by atoms with Gasteiger partial charge >= 0.3 is 0 Å². The standard InChI is InChI=1S/C17H24O3/c1-19-17(8-2-9-17)12-15(18)5-3-13-4-6-16-14(11-13)7-10-20-16/h4,6,11,15,18H,2-3,5,7-10,12H2,1H3. The van der Waals surface area contributed by atoms with Crippen molar-refractivity contribution < 1.29 is 14.6 Å². The van der Waals surface area contributed by atoms with Gasteiger partial charge in [-0.05, 0) is 49.3 Å². The van der Waals surface area contributed by atoms with E-state index in [1.54, 1.807) is 7.11 Å².